The van der Waals surface area contributed by atoms with Crippen molar-refractivity contribution in [3.05, 3.63) is 30.3 Å². The van der Waals surface area contributed by atoms with E-state index in [-0.39, 0.29) is 24.0 Å². The van der Waals surface area contributed by atoms with Crippen LogP contribution in [0, 0.1) is 0 Å². The summed E-state index contributed by atoms with van der Waals surface area (Å²) in [6.45, 7) is 2.91. The Morgan fingerprint density at radius 3 is 2.73 bits per heavy atom. The van der Waals surface area contributed by atoms with Crippen LogP contribution in [0.3, 0.4) is 0 Å². The summed E-state index contributed by atoms with van der Waals surface area (Å²) >= 11 is 2.07. The van der Waals surface area contributed by atoms with E-state index in [9.17, 15) is 0 Å². The van der Waals surface area contributed by atoms with Crippen LogP contribution in [0.2, 0.25) is 0 Å². The lowest BCUT2D eigenvalue weighted by Crippen LogP contribution is -2.40. The Balaban J connectivity index is 0.00000242. The van der Waals surface area contributed by atoms with Crippen molar-refractivity contribution in [3.8, 4) is 0 Å². The van der Waals surface area contributed by atoms with Gasteiger partial charge < -0.3 is 16.0 Å². The van der Waals surface area contributed by atoms with Crippen molar-refractivity contribution in [3.63, 3.8) is 0 Å². The summed E-state index contributed by atoms with van der Waals surface area (Å²) in [7, 11) is 1.83. The Hall–Kier alpha value is -0.630. The Morgan fingerprint density at radius 2 is 2.05 bits per heavy atom. The van der Waals surface area contributed by atoms with E-state index >= 15 is 0 Å². The van der Waals surface area contributed by atoms with Gasteiger partial charge in [0.15, 0.2) is 5.96 Å². The fourth-order valence-electron chi connectivity index (χ4n) is 2.32. The van der Waals surface area contributed by atoms with Crippen molar-refractivity contribution in [1.82, 2.24) is 10.6 Å². The van der Waals surface area contributed by atoms with Gasteiger partial charge in [-0.1, -0.05) is 18.2 Å². The lowest BCUT2D eigenvalue weighted by molar-refractivity contribution is 0.717. The number of aliphatic imine (C=N–C) groups is 1. The van der Waals surface area contributed by atoms with Crippen LogP contribution in [0.15, 0.2) is 35.3 Å². The van der Waals surface area contributed by atoms with E-state index in [0.717, 1.165) is 37.3 Å². The molecule has 124 valence electrons. The molecule has 2 rings (SSSR count). The molecule has 3 N–H and O–H groups in total. The van der Waals surface area contributed by atoms with Gasteiger partial charge in [0.1, 0.15) is 0 Å². The lowest BCUT2D eigenvalue weighted by atomic mass is 10.2. The fourth-order valence-corrected chi connectivity index (χ4v) is 3.52. The number of thioether (sulfide) groups is 1. The Labute approximate surface area is 155 Å². The van der Waals surface area contributed by atoms with Crippen LogP contribution < -0.4 is 16.0 Å². The quantitative estimate of drug-likeness (QED) is 0.267. The summed E-state index contributed by atoms with van der Waals surface area (Å²) in [6.07, 6.45) is 3.75. The van der Waals surface area contributed by atoms with Gasteiger partial charge >= 0.3 is 0 Å². The summed E-state index contributed by atoms with van der Waals surface area (Å²) in [5, 5.41) is 10.9. The molecule has 1 aliphatic heterocycles. The number of rotatable bonds is 7. The molecule has 0 saturated carbocycles. The van der Waals surface area contributed by atoms with Crippen molar-refractivity contribution in [2.75, 3.05) is 37.8 Å². The zero-order valence-electron chi connectivity index (χ0n) is 13.2. The number of hydrogen-bond acceptors (Lipinski definition) is 3. The molecular weight excluding hydrogens is 407 g/mol. The fraction of sp³-hybridized carbons (Fsp3) is 0.562. The van der Waals surface area contributed by atoms with Crippen LogP contribution in [-0.2, 0) is 0 Å². The highest BCUT2D eigenvalue weighted by Gasteiger charge is 2.15. The lowest BCUT2D eigenvalue weighted by Gasteiger charge is -2.15. The van der Waals surface area contributed by atoms with E-state index in [0.29, 0.717) is 0 Å². The van der Waals surface area contributed by atoms with Gasteiger partial charge in [-0.15, -0.1) is 24.0 Å². The SMILES string of the molecule is CN=C(NCCCNc1ccccc1)NCC1CCCS1.I. The first-order valence-corrected chi connectivity index (χ1v) is 8.78. The highest BCUT2D eigenvalue weighted by molar-refractivity contribution is 14.0. The van der Waals surface area contributed by atoms with Gasteiger partial charge in [0.05, 0.1) is 0 Å². The van der Waals surface area contributed by atoms with Crippen LogP contribution in [0.25, 0.3) is 0 Å². The first kappa shape index (κ1) is 19.4. The number of halogens is 1. The molecule has 0 bridgehead atoms. The smallest absolute Gasteiger partial charge is 0.191 e. The van der Waals surface area contributed by atoms with E-state index in [4.69, 9.17) is 0 Å². The second-order valence-corrected chi connectivity index (χ2v) is 6.57. The first-order chi connectivity index (χ1) is 10.4. The van der Waals surface area contributed by atoms with Crippen LogP contribution >= 0.6 is 35.7 Å². The zero-order valence-corrected chi connectivity index (χ0v) is 16.3. The molecule has 0 amide bonds. The van der Waals surface area contributed by atoms with E-state index in [1.54, 1.807) is 0 Å². The minimum absolute atomic E-state index is 0. The van der Waals surface area contributed by atoms with Gasteiger partial charge in [0, 0.05) is 37.6 Å². The van der Waals surface area contributed by atoms with Crippen LogP contribution in [0.5, 0.6) is 0 Å². The molecule has 1 atom stereocenters. The largest absolute Gasteiger partial charge is 0.385 e. The van der Waals surface area contributed by atoms with Crippen molar-refractivity contribution in [2.45, 2.75) is 24.5 Å². The van der Waals surface area contributed by atoms with E-state index in [1.165, 1.54) is 24.3 Å². The van der Waals surface area contributed by atoms with Gasteiger partial charge in [-0.3, -0.25) is 4.99 Å². The predicted molar refractivity (Wildman–Crippen MR) is 110 cm³/mol. The average Bonchev–Trinajstić information content (AvgIpc) is 3.04. The maximum Gasteiger partial charge on any atom is 0.191 e. The molecule has 0 radical (unpaired) electrons. The number of nitrogens with zero attached hydrogens (tertiary/aromatic N) is 1. The number of guanidine groups is 1. The first-order valence-electron chi connectivity index (χ1n) is 7.73. The van der Waals surface area contributed by atoms with Gasteiger partial charge in [-0.2, -0.15) is 11.8 Å². The summed E-state index contributed by atoms with van der Waals surface area (Å²) in [6, 6.07) is 10.3. The monoisotopic (exact) mass is 434 g/mol. The standard InChI is InChI=1S/C16H26N4S.HI/c1-17-16(20-13-15-9-5-12-21-15)19-11-6-10-18-14-7-3-2-4-8-14;/h2-4,7-8,15,18H,5-6,9-13H2,1H3,(H2,17,19,20);1H. The van der Waals surface area contributed by atoms with E-state index in [2.05, 4.69) is 44.8 Å². The molecule has 1 unspecified atom stereocenters. The van der Waals surface area contributed by atoms with Gasteiger partial charge in [0.25, 0.3) is 0 Å². The van der Waals surface area contributed by atoms with Gasteiger partial charge in [-0.05, 0) is 37.1 Å². The maximum atomic E-state index is 4.27. The number of benzene rings is 1. The van der Waals surface area contributed by atoms with Crippen molar-refractivity contribution in [2.24, 2.45) is 4.99 Å². The Morgan fingerprint density at radius 1 is 1.23 bits per heavy atom. The molecule has 0 spiro atoms. The highest BCUT2D eigenvalue weighted by Crippen LogP contribution is 2.25. The molecule has 0 aromatic heterocycles. The molecule has 6 heteroatoms. The van der Waals surface area contributed by atoms with Crippen LogP contribution in [0.1, 0.15) is 19.3 Å². The number of hydrogen-bond donors (Lipinski definition) is 3. The topological polar surface area (TPSA) is 48.5 Å². The molecule has 1 saturated heterocycles. The van der Waals surface area contributed by atoms with Crippen LogP contribution in [0.4, 0.5) is 5.69 Å². The number of nitrogens with one attached hydrogen (secondary N) is 3. The summed E-state index contributed by atoms with van der Waals surface area (Å²) in [5.74, 6) is 2.23. The number of para-hydroxylation sites is 1. The third-order valence-electron chi connectivity index (χ3n) is 3.49. The van der Waals surface area contributed by atoms with Crippen molar-refractivity contribution >= 4 is 47.4 Å². The molecule has 22 heavy (non-hydrogen) atoms. The Bertz CT molecular complexity index is 421. The molecule has 0 aliphatic carbocycles. The third kappa shape index (κ3) is 7.58. The third-order valence-corrected chi connectivity index (χ3v) is 4.89. The molecule has 4 nitrogen and oxygen atoms in total. The second-order valence-electron chi connectivity index (χ2n) is 5.16. The highest BCUT2D eigenvalue weighted by atomic mass is 127. The van der Waals surface area contributed by atoms with E-state index in [1.807, 2.05) is 25.2 Å². The minimum Gasteiger partial charge on any atom is -0.385 e. The maximum absolute atomic E-state index is 4.27. The molecule has 1 aromatic rings. The Kier molecular flexibility index (Phi) is 10.5. The zero-order chi connectivity index (χ0) is 14.8. The molecular formula is C16H27IN4S. The van der Waals surface area contributed by atoms with Gasteiger partial charge in [0.2, 0.25) is 0 Å². The summed E-state index contributed by atoms with van der Waals surface area (Å²) < 4.78 is 0. The average molecular weight is 434 g/mol. The predicted octanol–water partition coefficient (Wildman–Crippen LogP) is 3.17. The second kappa shape index (κ2) is 11.9. The molecule has 1 aliphatic rings. The summed E-state index contributed by atoms with van der Waals surface area (Å²) in [5.41, 5.74) is 1.18. The molecule has 1 aromatic carbocycles. The summed E-state index contributed by atoms with van der Waals surface area (Å²) in [4.78, 5) is 4.27. The normalized spacial score (nSPS) is 17.7. The molecule has 1 fully saturated rings. The van der Waals surface area contributed by atoms with Crippen LogP contribution in [-0.4, -0.2) is 43.6 Å². The van der Waals surface area contributed by atoms with Crippen molar-refractivity contribution in [1.29, 1.82) is 0 Å². The van der Waals surface area contributed by atoms with E-state index < -0.39 is 0 Å². The van der Waals surface area contributed by atoms with Gasteiger partial charge in [-0.25, -0.2) is 0 Å². The minimum atomic E-state index is 0. The number of anilines is 1. The van der Waals surface area contributed by atoms with Crippen molar-refractivity contribution < 1.29 is 0 Å². The molecule has 1 heterocycles.